The summed E-state index contributed by atoms with van der Waals surface area (Å²) in [6.07, 6.45) is 10.7. The van der Waals surface area contributed by atoms with Crippen molar-refractivity contribution < 1.29 is 0 Å². The van der Waals surface area contributed by atoms with Crippen molar-refractivity contribution >= 4 is 17.6 Å². The number of hydrogen-bond donors (Lipinski definition) is 1. The number of rotatable bonds is 3. The van der Waals surface area contributed by atoms with Crippen LogP contribution in [0.4, 0.5) is 0 Å². The third-order valence-corrected chi connectivity index (χ3v) is 5.98. The van der Waals surface area contributed by atoms with Gasteiger partial charge in [-0.2, -0.15) is 4.51 Å². The van der Waals surface area contributed by atoms with Crippen LogP contribution in [0.3, 0.4) is 0 Å². The highest BCUT2D eigenvalue weighted by molar-refractivity contribution is 6.19. The molecule has 0 aromatic rings. The third-order valence-electron chi connectivity index (χ3n) is 5.76. The van der Waals surface area contributed by atoms with Gasteiger partial charge in [0.15, 0.2) is 0 Å². The molecule has 2 nitrogen and oxygen atoms in total. The van der Waals surface area contributed by atoms with E-state index in [9.17, 15) is 0 Å². The summed E-state index contributed by atoms with van der Waals surface area (Å²) in [5, 5.41) is 0. The van der Waals surface area contributed by atoms with Crippen molar-refractivity contribution in [3.05, 3.63) is 0 Å². The van der Waals surface area contributed by atoms with Crippen LogP contribution >= 0.6 is 11.8 Å². The van der Waals surface area contributed by atoms with Crippen molar-refractivity contribution in [2.45, 2.75) is 65.2 Å². The quantitative estimate of drug-likeness (QED) is 0.602. The predicted octanol–water partition coefficient (Wildman–Crippen LogP) is 4.27. The van der Waals surface area contributed by atoms with E-state index >= 15 is 0 Å². The van der Waals surface area contributed by atoms with Crippen LogP contribution in [-0.4, -0.2) is 5.84 Å². The summed E-state index contributed by atoms with van der Waals surface area (Å²) < 4.78 is 3.61. The van der Waals surface area contributed by atoms with Gasteiger partial charge in [-0.1, -0.05) is 13.8 Å². The standard InChI is InChI=1S/C15H25ClN2/c1-13-5-11-6-14(2,8-13)10-15(7-11,9-13)4-3-12(17)18-16/h11H,3-10H2,1-2H3,(H2,17,18). The smallest absolute Gasteiger partial charge is 0.114 e. The van der Waals surface area contributed by atoms with E-state index in [1.165, 1.54) is 44.9 Å². The molecule has 2 unspecified atom stereocenters. The van der Waals surface area contributed by atoms with Gasteiger partial charge in [-0.15, -0.1) is 0 Å². The van der Waals surface area contributed by atoms with Crippen LogP contribution in [0.15, 0.2) is 4.51 Å². The highest BCUT2D eigenvalue weighted by Crippen LogP contribution is 2.70. The van der Waals surface area contributed by atoms with Gasteiger partial charge in [0.25, 0.3) is 0 Å². The molecule has 0 aliphatic heterocycles. The molecule has 0 radical (unpaired) electrons. The molecule has 4 bridgehead atoms. The predicted molar refractivity (Wildman–Crippen MR) is 76.5 cm³/mol. The average molecular weight is 269 g/mol. The monoisotopic (exact) mass is 268 g/mol. The van der Waals surface area contributed by atoms with E-state index in [1.807, 2.05) is 0 Å². The van der Waals surface area contributed by atoms with Gasteiger partial charge in [0.1, 0.15) is 5.84 Å². The topological polar surface area (TPSA) is 38.4 Å². The molecule has 3 heteroatoms. The Kier molecular flexibility index (Phi) is 2.75. The SMILES string of the molecule is CC12CC3CC(C)(C1)CC(CC/C(N)=N/Cl)(C3)C2. The van der Waals surface area contributed by atoms with Crippen LogP contribution < -0.4 is 5.73 Å². The van der Waals surface area contributed by atoms with Crippen molar-refractivity contribution in [1.29, 1.82) is 0 Å². The van der Waals surface area contributed by atoms with Gasteiger partial charge in [-0.3, -0.25) is 0 Å². The molecule has 0 heterocycles. The molecule has 4 aliphatic carbocycles. The Bertz CT molecular complexity index is 372. The lowest BCUT2D eigenvalue weighted by Gasteiger charge is -2.65. The summed E-state index contributed by atoms with van der Waals surface area (Å²) in [6, 6.07) is 0. The Morgan fingerprint density at radius 2 is 1.78 bits per heavy atom. The number of nitrogens with two attached hydrogens (primary N) is 1. The zero-order valence-electron chi connectivity index (χ0n) is 11.6. The van der Waals surface area contributed by atoms with Gasteiger partial charge >= 0.3 is 0 Å². The second-order valence-corrected chi connectivity index (χ2v) is 8.37. The number of halogens is 1. The number of nitrogens with zero attached hydrogens (tertiary/aromatic N) is 1. The summed E-state index contributed by atoms with van der Waals surface area (Å²) >= 11 is 5.46. The molecule has 2 atom stereocenters. The molecule has 102 valence electrons. The Hall–Kier alpha value is -0.240. The van der Waals surface area contributed by atoms with E-state index in [0.717, 1.165) is 12.3 Å². The number of hydrogen-bond acceptors (Lipinski definition) is 1. The Balaban J connectivity index is 1.80. The van der Waals surface area contributed by atoms with E-state index in [-0.39, 0.29) is 0 Å². The zero-order chi connectivity index (χ0) is 13.0. The molecule has 0 aromatic heterocycles. The maximum atomic E-state index is 5.79. The summed E-state index contributed by atoms with van der Waals surface area (Å²) in [5.41, 5.74) is 7.52. The molecule has 4 aliphatic rings. The van der Waals surface area contributed by atoms with E-state index < -0.39 is 0 Å². The second kappa shape index (κ2) is 3.88. The molecule has 18 heavy (non-hydrogen) atoms. The first-order valence-electron chi connectivity index (χ1n) is 7.30. The minimum atomic E-state index is 0.537. The molecule has 0 spiro atoms. The summed E-state index contributed by atoms with van der Waals surface area (Å²) in [5.74, 6) is 1.58. The normalized spacial score (nSPS) is 50.8. The molecule has 2 N–H and O–H groups in total. The van der Waals surface area contributed by atoms with Crippen molar-refractivity contribution in [2.75, 3.05) is 0 Å². The zero-order valence-corrected chi connectivity index (χ0v) is 12.4. The van der Waals surface area contributed by atoms with Crippen LogP contribution in [-0.2, 0) is 0 Å². The minimum absolute atomic E-state index is 0.537. The molecule has 0 aromatic carbocycles. The Labute approximate surface area is 115 Å². The lowest BCUT2D eigenvalue weighted by atomic mass is 9.40. The second-order valence-electron chi connectivity index (χ2n) is 8.21. The Morgan fingerprint density at radius 3 is 2.28 bits per heavy atom. The summed E-state index contributed by atoms with van der Waals surface area (Å²) in [7, 11) is 0. The largest absolute Gasteiger partial charge is 0.386 e. The van der Waals surface area contributed by atoms with Crippen LogP contribution in [0.25, 0.3) is 0 Å². The first-order chi connectivity index (χ1) is 8.36. The van der Waals surface area contributed by atoms with Crippen molar-refractivity contribution in [3.63, 3.8) is 0 Å². The minimum Gasteiger partial charge on any atom is -0.386 e. The maximum Gasteiger partial charge on any atom is 0.114 e. The summed E-state index contributed by atoms with van der Waals surface area (Å²) in [6.45, 7) is 5.03. The molecule has 4 saturated carbocycles. The lowest BCUT2D eigenvalue weighted by Crippen LogP contribution is -2.55. The highest BCUT2D eigenvalue weighted by atomic mass is 35.5. The summed E-state index contributed by atoms with van der Waals surface area (Å²) in [4.78, 5) is 0. The van der Waals surface area contributed by atoms with Crippen LogP contribution in [0, 0.1) is 22.2 Å². The highest BCUT2D eigenvalue weighted by Gasteiger charge is 2.59. The molecular weight excluding hydrogens is 244 g/mol. The molecule has 4 fully saturated rings. The first kappa shape index (κ1) is 12.8. The van der Waals surface area contributed by atoms with Crippen molar-refractivity contribution in [3.8, 4) is 0 Å². The lowest BCUT2D eigenvalue weighted by molar-refractivity contribution is -0.146. The van der Waals surface area contributed by atoms with Gasteiger partial charge < -0.3 is 5.73 Å². The van der Waals surface area contributed by atoms with Gasteiger partial charge in [0, 0.05) is 18.2 Å². The van der Waals surface area contributed by atoms with Crippen LogP contribution in [0.2, 0.25) is 0 Å². The average Bonchev–Trinajstić information content (AvgIpc) is 2.21. The van der Waals surface area contributed by atoms with E-state index in [1.54, 1.807) is 0 Å². The molecule has 0 saturated heterocycles. The van der Waals surface area contributed by atoms with Gasteiger partial charge in [-0.25, -0.2) is 0 Å². The molecular formula is C15H25ClN2. The van der Waals surface area contributed by atoms with Gasteiger partial charge in [-0.05, 0) is 67.1 Å². The molecule has 4 rings (SSSR count). The molecule has 0 amide bonds. The first-order valence-corrected chi connectivity index (χ1v) is 7.63. The van der Waals surface area contributed by atoms with Gasteiger partial charge in [0.2, 0.25) is 0 Å². The van der Waals surface area contributed by atoms with Crippen molar-refractivity contribution in [1.82, 2.24) is 0 Å². The fourth-order valence-corrected chi connectivity index (χ4v) is 6.48. The maximum absolute atomic E-state index is 5.79. The van der Waals surface area contributed by atoms with Crippen LogP contribution in [0.1, 0.15) is 65.2 Å². The third kappa shape index (κ3) is 2.07. The van der Waals surface area contributed by atoms with Crippen molar-refractivity contribution in [2.24, 2.45) is 32.4 Å². The van der Waals surface area contributed by atoms with Gasteiger partial charge in [0.05, 0.1) is 0 Å². The fourth-order valence-electron chi connectivity index (χ4n) is 6.40. The Morgan fingerprint density at radius 1 is 1.17 bits per heavy atom. The van der Waals surface area contributed by atoms with E-state index in [2.05, 4.69) is 18.4 Å². The number of amidine groups is 1. The van der Waals surface area contributed by atoms with E-state index in [4.69, 9.17) is 17.5 Å². The fraction of sp³-hybridized carbons (Fsp3) is 0.933. The van der Waals surface area contributed by atoms with Crippen LogP contribution in [0.5, 0.6) is 0 Å². The van der Waals surface area contributed by atoms with E-state index in [0.29, 0.717) is 22.1 Å².